The monoisotopic (exact) mass is 379 g/mol. The Morgan fingerprint density at radius 3 is 2.64 bits per heavy atom. The fraction of sp³-hybridized carbons (Fsp3) is 0.350. The number of aromatic nitrogens is 2. The molecule has 1 N–H and O–H groups in total. The third kappa shape index (κ3) is 3.51. The maximum absolute atomic E-state index is 11.3. The number of rotatable bonds is 5. The number of carboxylic acids is 1. The van der Waals surface area contributed by atoms with E-state index in [-0.39, 0.29) is 17.5 Å². The van der Waals surface area contributed by atoms with Gasteiger partial charge in [0.25, 0.3) is 0 Å². The van der Waals surface area contributed by atoms with Crippen LogP contribution in [0.25, 0.3) is 0 Å². The Labute approximate surface area is 163 Å². The zero-order valence-electron chi connectivity index (χ0n) is 16.2. The molecule has 0 saturated carbocycles. The molecular weight excluding hydrogens is 358 g/mol. The van der Waals surface area contributed by atoms with Gasteiger partial charge in [0, 0.05) is 6.42 Å². The molecule has 0 spiro atoms. The van der Waals surface area contributed by atoms with E-state index < -0.39 is 5.97 Å². The van der Waals surface area contributed by atoms with Crippen molar-refractivity contribution in [1.82, 2.24) is 9.97 Å². The van der Waals surface area contributed by atoms with Crippen LogP contribution in [0.4, 0.5) is 5.82 Å². The minimum absolute atomic E-state index is 0.00602. The van der Waals surface area contributed by atoms with Crippen molar-refractivity contribution in [3.63, 3.8) is 0 Å². The van der Waals surface area contributed by atoms with Gasteiger partial charge in [0.15, 0.2) is 0 Å². The van der Waals surface area contributed by atoms with E-state index >= 15 is 0 Å². The van der Waals surface area contributed by atoms with Crippen LogP contribution < -0.4 is 9.75 Å². The van der Waals surface area contributed by atoms with Crippen molar-refractivity contribution in [3.05, 3.63) is 46.8 Å². The number of methoxy groups -OCH3 is 1. The Balaban J connectivity index is 2.01. The summed E-state index contributed by atoms with van der Waals surface area (Å²) in [5, 5.41) is 24.9. The molecule has 0 aromatic carbocycles. The van der Waals surface area contributed by atoms with Crippen molar-refractivity contribution < 1.29 is 14.6 Å². The van der Waals surface area contributed by atoms with E-state index in [0.717, 1.165) is 5.71 Å². The molecule has 0 unspecified atom stereocenters. The Morgan fingerprint density at radius 1 is 1.32 bits per heavy atom. The Morgan fingerprint density at radius 2 is 2.07 bits per heavy atom. The van der Waals surface area contributed by atoms with Crippen molar-refractivity contribution in [2.45, 2.75) is 33.2 Å². The maximum atomic E-state index is 11.3. The van der Waals surface area contributed by atoms with Gasteiger partial charge in [-0.05, 0) is 37.1 Å². The molecule has 2 aromatic heterocycles. The standard InChI is InChI=1S/C20H21N5O3/c1-11(2)17-9-16(15-7-6-14(20(26)27)19(23-15)28-4)24-25(17)18-8-5-13(10-21)12(3)22-18/h5-8,11,17H,9H2,1-4H3,(H,26,27)/t17-/m1/s1. The average Bonchev–Trinajstić information content (AvgIpc) is 3.13. The summed E-state index contributed by atoms with van der Waals surface area (Å²) in [7, 11) is 1.39. The fourth-order valence-electron chi connectivity index (χ4n) is 3.14. The highest BCUT2D eigenvalue weighted by molar-refractivity contribution is 6.02. The van der Waals surface area contributed by atoms with Crippen LogP contribution in [0.2, 0.25) is 0 Å². The predicted octanol–water partition coefficient (Wildman–Crippen LogP) is 3.00. The number of pyridine rings is 2. The van der Waals surface area contributed by atoms with Crippen LogP contribution in [0.3, 0.4) is 0 Å². The number of carbonyl (C=O) groups is 1. The van der Waals surface area contributed by atoms with Gasteiger partial charge in [0.2, 0.25) is 5.88 Å². The number of carboxylic acid groups (broad SMARTS) is 1. The molecule has 1 aliphatic rings. The molecule has 1 aliphatic heterocycles. The summed E-state index contributed by atoms with van der Waals surface area (Å²) in [6.45, 7) is 6.01. The molecule has 144 valence electrons. The highest BCUT2D eigenvalue weighted by Gasteiger charge is 2.32. The summed E-state index contributed by atoms with van der Waals surface area (Å²) in [6.07, 6.45) is 0.640. The van der Waals surface area contributed by atoms with Gasteiger partial charge in [0.05, 0.1) is 35.8 Å². The van der Waals surface area contributed by atoms with Crippen molar-refractivity contribution in [1.29, 1.82) is 5.26 Å². The first kappa shape index (κ1) is 19.3. The molecule has 3 heterocycles. The molecule has 0 bridgehead atoms. The lowest BCUT2D eigenvalue weighted by Crippen LogP contribution is -2.32. The van der Waals surface area contributed by atoms with Gasteiger partial charge in [-0.25, -0.2) is 19.8 Å². The lowest BCUT2D eigenvalue weighted by atomic mass is 9.97. The molecule has 0 saturated heterocycles. The van der Waals surface area contributed by atoms with Gasteiger partial charge >= 0.3 is 5.97 Å². The third-order valence-corrected chi connectivity index (χ3v) is 4.72. The molecule has 8 nitrogen and oxygen atoms in total. The second-order valence-electron chi connectivity index (χ2n) is 6.88. The number of ether oxygens (including phenoxy) is 1. The smallest absolute Gasteiger partial charge is 0.341 e. The zero-order chi connectivity index (χ0) is 20.4. The van der Waals surface area contributed by atoms with Gasteiger partial charge in [-0.15, -0.1) is 0 Å². The zero-order valence-corrected chi connectivity index (χ0v) is 16.2. The molecule has 0 amide bonds. The molecular formula is C20H21N5O3. The Hall–Kier alpha value is -3.47. The summed E-state index contributed by atoms with van der Waals surface area (Å²) >= 11 is 0. The number of aromatic carboxylic acids is 1. The normalized spacial score (nSPS) is 16.1. The van der Waals surface area contributed by atoms with Crippen LogP contribution in [-0.4, -0.2) is 39.9 Å². The van der Waals surface area contributed by atoms with Gasteiger partial charge in [-0.1, -0.05) is 13.8 Å². The van der Waals surface area contributed by atoms with Crippen LogP contribution in [-0.2, 0) is 0 Å². The van der Waals surface area contributed by atoms with Crippen LogP contribution in [0.5, 0.6) is 5.88 Å². The Bertz CT molecular complexity index is 994. The van der Waals surface area contributed by atoms with E-state index in [1.54, 1.807) is 25.1 Å². The SMILES string of the molecule is COc1nc(C2=NN(c3ccc(C#N)c(C)n3)[C@@H](C(C)C)C2)ccc1C(=O)O. The maximum Gasteiger partial charge on any atom is 0.341 e. The second kappa shape index (κ2) is 7.64. The summed E-state index contributed by atoms with van der Waals surface area (Å²) in [5.41, 5.74) is 2.49. The van der Waals surface area contributed by atoms with Crippen molar-refractivity contribution in [3.8, 4) is 11.9 Å². The van der Waals surface area contributed by atoms with E-state index in [2.05, 4.69) is 29.9 Å². The van der Waals surface area contributed by atoms with E-state index in [1.165, 1.54) is 13.2 Å². The van der Waals surface area contributed by atoms with Crippen molar-refractivity contribution in [2.24, 2.45) is 11.0 Å². The molecule has 8 heteroatoms. The Kier molecular flexibility index (Phi) is 5.27. The first-order valence-corrected chi connectivity index (χ1v) is 8.88. The van der Waals surface area contributed by atoms with E-state index in [1.807, 2.05) is 5.01 Å². The highest BCUT2D eigenvalue weighted by Crippen LogP contribution is 2.30. The van der Waals surface area contributed by atoms with Gasteiger partial charge in [0.1, 0.15) is 17.5 Å². The first-order valence-electron chi connectivity index (χ1n) is 8.88. The molecule has 3 rings (SSSR count). The summed E-state index contributed by atoms with van der Waals surface area (Å²) in [5.74, 6) is -0.0821. The van der Waals surface area contributed by atoms with Gasteiger partial charge in [-0.2, -0.15) is 10.4 Å². The van der Waals surface area contributed by atoms with Crippen LogP contribution in [0.1, 0.15) is 47.6 Å². The highest BCUT2D eigenvalue weighted by atomic mass is 16.5. The number of nitriles is 1. The molecule has 0 fully saturated rings. The molecule has 0 radical (unpaired) electrons. The predicted molar refractivity (Wildman–Crippen MR) is 104 cm³/mol. The minimum Gasteiger partial charge on any atom is -0.480 e. The lowest BCUT2D eigenvalue weighted by molar-refractivity contribution is 0.0692. The third-order valence-electron chi connectivity index (χ3n) is 4.72. The lowest BCUT2D eigenvalue weighted by Gasteiger charge is -2.25. The van der Waals surface area contributed by atoms with Gasteiger partial charge < -0.3 is 9.84 Å². The van der Waals surface area contributed by atoms with Gasteiger partial charge in [-0.3, -0.25) is 0 Å². The first-order chi connectivity index (χ1) is 13.3. The number of aryl methyl sites for hydroxylation is 1. The van der Waals surface area contributed by atoms with E-state index in [0.29, 0.717) is 35.1 Å². The average molecular weight is 379 g/mol. The molecule has 1 atom stereocenters. The second-order valence-corrected chi connectivity index (χ2v) is 6.88. The minimum atomic E-state index is -1.09. The summed E-state index contributed by atoms with van der Waals surface area (Å²) in [4.78, 5) is 20.2. The van der Waals surface area contributed by atoms with Crippen molar-refractivity contribution >= 4 is 17.5 Å². The topological polar surface area (TPSA) is 112 Å². The molecule has 0 aliphatic carbocycles. The quantitative estimate of drug-likeness (QED) is 0.850. The van der Waals surface area contributed by atoms with E-state index in [4.69, 9.17) is 15.1 Å². The fourth-order valence-corrected chi connectivity index (χ4v) is 3.14. The number of hydrogen-bond acceptors (Lipinski definition) is 7. The molecule has 28 heavy (non-hydrogen) atoms. The summed E-state index contributed by atoms with van der Waals surface area (Å²) in [6, 6.07) is 8.84. The van der Waals surface area contributed by atoms with Crippen LogP contribution in [0, 0.1) is 24.2 Å². The number of nitrogens with zero attached hydrogens (tertiary/aromatic N) is 5. The van der Waals surface area contributed by atoms with E-state index in [9.17, 15) is 9.90 Å². The van der Waals surface area contributed by atoms with Crippen LogP contribution in [0.15, 0.2) is 29.4 Å². The molecule has 2 aromatic rings. The number of hydrazone groups is 1. The number of hydrogen-bond donors (Lipinski definition) is 1. The van der Waals surface area contributed by atoms with Crippen molar-refractivity contribution in [2.75, 3.05) is 12.1 Å². The number of anilines is 1. The largest absolute Gasteiger partial charge is 0.480 e. The summed E-state index contributed by atoms with van der Waals surface area (Å²) < 4.78 is 5.13. The van der Waals surface area contributed by atoms with Crippen LogP contribution >= 0.6 is 0 Å².